The van der Waals surface area contributed by atoms with Gasteiger partial charge in [-0.2, -0.15) is 8.78 Å². The molecule has 0 N–H and O–H groups in total. The molecule has 1 aromatic carbocycles. The van der Waals surface area contributed by atoms with Gasteiger partial charge in [0.25, 0.3) is 0 Å². The first-order valence-corrected chi connectivity index (χ1v) is 6.48. The number of carbonyl (C=O) groups excluding carboxylic acids is 1. The quantitative estimate of drug-likeness (QED) is 0.695. The number of aromatic nitrogens is 3. The minimum Gasteiger partial charge on any atom is -0.453 e. The number of esters is 1. The van der Waals surface area contributed by atoms with Gasteiger partial charge in [-0.05, 0) is 12.1 Å². The zero-order valence-electron chi connectivity index (χ0n) is 11.3. The number of rotatable bonds is 4. The van der Waals surface area contributed by atoms with E-state index in [-0.39, 0.29) is 18.1 Å². The van der Waals surface area contributed by atoms with E-state index in [1.165, 1.54) is 12.3 Å². The van der Waals surface area contributed by atoms with E-state index in [2.05, 4.69) is 9.97 Å². The van der Waals surface area contributed by atoms with E-state index < -0.39 is 12.5 Å². The lowest BCUT2D eigenvalue weighted by Gasteiger charge is -2.07. The van der Waals surface area contributed by atoms with Crippen molar-refractivity contribution >= 4 is 16.9 Å². The molecule has 0 aliphatic carbocycles. The highest BCUT2D eigenvalue weighted by atomic mass is 19.3. The molecule has 0 bridgehead atoms. The summed E-state index contributed by atoms with van der Waals surface area (Å²) in [4.78, 5) is 19.9. The van der Waals surface area contributed by atoms with Gasteiger partial charge in [-0.1, -0.05) is 24.3 Å². The predicted octanol–water partition coefficient (Wildman–Crippen LogP) is 3.18. The summed E-state index contributed by atoms with van der Waals surface area (Å²) in [5, 5.41) is 0.896. The minimum atomic E-state index is -2.73. The van der Waals surface area contributed by atoms with Gasteiger partial charge < -0.3 is 4.74 Å². The van der Waals surface area contributed by atoms with Crippen molar-refractivity contribution in [2.75, 3.05) is 0 Å². The number of hydrogen-bond acceptors (Lipinski definition) is 4. The third-order valence-electron chi connectivity index (χ3n) is 3.10. The van der Waals surface area contributed by atoms with E-state index in [1.807, 2.05) is 18.2 Å². The molecule has 0 spiro atoms. The molecule has 0 aliphatic heterocycles. The number of ether oxygens (including phenoxy) is 1. The van der Waals surface area contributed by atoms with Crippen molar-refractivity contribution < 1.29 is 18.3 Å². The van der Waals surface area contributed by atoms with Crippen LogP contribution >= 0.6 is 0 Å². The van der Waals surface area contributed by atoms with Crippen LogP contribution in [0.3, 0.4) is 0 Å². The molecule has 0 radical (unpaired) electrons. The van der Waals surface area contributed by atoms with Crippen LogP contribution < -0.4 is 0 Å². The molecular formula is C15H11F2N3O2. The van der Waals surface area contributed by atoms with Crippen LogP contribution in [0.5, 0.6) is 0 Å². The van der Waals surface area contributed by atoms with Crippen molar-refractivity contribution in [2.24, 2.45) is 0 Å². The normalized spacial score (nSPS) is 11.0. The van der Waals surface area contributed by atoms with Gasteiger partial charge in [-0.3, -0.25) is 4.57 Å². The second-order valence-electron chi connectivity index (χ2n) is 4.49. The third-order valence-corrected chi connectivity index (χ3v) is 3.10. The molecule has 0 saturated carbocycles. The molecule has 0 amide bonds. The Hall–Kier alpha value is -2.83. The highest BCUT2D eigenvalue weighted by molar-refractivity contribution is 5.90. The average molecular weight is 303 g/mol. The van der Waals surface area contributed by atoms with Gasteiger partial charge in [0.05, 0.1) is 5.52 Å². The van der Waals surface area contributed by atoms with Gasteiger partial charge in [0, 0.05) is 17.8 Å². The molecule has 3 aromatic rings. The third kappa shape index (κ3) is 2.78. The van der Waals surface area contributed by atoms with Crippen molar-refractivity contribution in [3.8, 4) is 0 Å². The van der Waals surface area contributed by atoms with Crippen molar-refractivity contribution in [1.29, 1.82) is 0 Å². The van der Waals surface area contributed by atoms with E-state index in [0.717, 1.165) is 11.6 Å². The fourth-order valence-corrected chi connectivity index (χ4v) is 2.02. The van der Waals surface area contributed by atoms with Gasteiger partial charge in [0.1, 0.15) is 12.3 Å². The Kier molecular flexibility index (Phi) is 3.78. The predicted molar refractivity (Wildman–Crippen MR) is 74.3 cm³/mol. The number of nitrogens with zero attached hydrogens (tertiary/aromatic N) is 3. The number of benzene rings is 1. The fraction of sp³-hybridized carbons (Fsp3) is 0.133. The second kappa shape index (κ2) is 5.88. The first-order chi connectivity index (χ1) is 10.6. The highest BCUT2D eigenvalue weighted by Crippen LogP contribution is 2.15. The maximum atomic E-state index is 12.7. The minimum absolute atomic E-state index is 0.0239. The molecule has 7 heteroatoms. The number of hydrogen-bond donors (Lipinski definition) is 0. The molecule has 2 heterocycles. The number of carbonyl (C=O) groups is 1. The van der Waals surface area contributed by atoms with Crippen molar-refractivity contribution in [3.63, 3.8) is 0 Å². The van der Waals surface area contributed by atoms with E-state index in [1.54, 1.807) is 12.1 Å². The smallest absolute Gasteiger partial charge is 0.357 e. The van der Waals surface area contributed by atoms with E-state index >= 15 is 0 Å². The zero-order chi connectivity index (χ0) is 15.5. The number of pyridine rings is 1. The van der Waals surface area contributed by atoms with Crippen LogP contribution in [0.15, 0.2) is 48.8 Å². The van der Waals surface area contributed by atoms with E-state index in [9.17, 15) is 13.6 Å². The summed E-state index contributed by atoms with van der Waals surface area (Å²) in [6.07, 6.45) is 2.35. The number of halogens is 2. The zero-order valence-corrected chi connectivity index (χ0v) is 11.3. The molecule has 2 aromatic heterocycles. The SMILES string of the molecule is O=C(OCc1nccn1C(F)F)c1ccc2ccccc2n1. The lowest BCUT2D eigenvalue weighted by molar-refractivity contribution is 0.0371. The van der Waals surface area contributed by atoms with Crippen LogP contribution in [-0.2, 0) is 11.3 Å². The topological polar surface area (TPSA) is 57.0 Å². The summed E-state index contributed by atoms with van der Waals surface area (Å²) in [6, 6.07) is 10.6. The Morgan fingerprint density at radius 3 is 2.86 bits per heavy atom. The Labute approximate surface area is 124 Å². The van der Waals surface area contributed by atoms with Crippen LogP contribution in [0.4, 0.5) is 8.78 Å². The summed E-state index contributed by atoms with van der Waals surface area (Å²) in [5.74, 6) is -0.710. The van der Waals surface area contributed by atoms with Crippen LogP contribution in [0.2, 0.25) is 0 Å². The summed E-state index contributed by atoms with van der Waals surface area (Å²) < 4.78 is 30.9. The molecule has 0 fully saturated rings. The Morgan fingerprint density at radius 1 is 1.23 bits per heavy atom. The molecule has 0 unspecified atom stereocenters. The van der Waals surface area contributed by atoms with Crippen molar-refractivity contribution in [2.45, 2.75) is 13.2 Å². The standard InChI is InChI=1S/C15H11F2N3O2/c16-15(17)20-8-7-18-13(20)9-22-14(21)12-6-5-10-3-1-2-4-11(10)19-12/h1-8,15H,9H2. The van der Waals surface area contributed by atoms with Crippen LogP contribution in [0.25, 0.3) is 10.9 Å². The van der Waals surface area contributed by atoms with Crippen molar-refractivity contribution in [1.82, 2.24) is 14.5 Å². The van der Waals surface area contributed by atoms with E-state index in [0.29, 0.717) is 10.1 Å². The fourth-order valence-electron chi connectivity index (χ4n) is 2.02. The molecule has 5 nitrogen and oxygen atoms in total. The molecular weight excluding hydrogens is 292 g/mol. The summed E-state index contributed by atoms with van der Waals surface area (Å²) >= 11 is 0. The van der Waals surface area contributed by atoms with Crippen molar-refractivity contribution in [3.05, 3.63) is 60.3 Å². The largest absolute Gasteiger partial charge is 0.453 e. The summed E-state index contributed by atoms with van der Waals surface area (Å²) in [5.41, 5.74) is 0.778. The average Bonchev–Trinajstić information content (AvgIpc) is 3.01. The van der Waals surface area contributed by atoms with E-state index in [4.69, 9.17) is 4.74 Å². The number of imidazole rings is 1. The molecule has 22 heavy (non-hydrogen) atoms. The number of para-hydroxylation sites is 1. The molecule has 0 aliphatic rings. The highest BCUT2D eigenvalue weighted by Gasteiger charge is 2.15. The summed E-state index contributed by atoms with van der Waals surface area (Å²) in [6.45, 7) is -3.07. The maximum Gasteiger partial charge on any atom is 0.357 e. The van der Waals surface area contributed by atoms with Crippen LogP contribution in [0.1, 0.15) is 22.9 Å². The second-order valence-corrected chi connectivity index (χ2v) is 4.49. The van der Waals surface area contributed by atoms with Gasteiger partial charge in [0.15, 0.2) is 5.82 Å². The van der Waals surface area contributed by atoms with Crippen LogP contribution in [-0.4, -0.2) is 20.5 Å². The number of alkyl halides is 2. The monoisotopic (exact) mass is 303 g/mol. The van der Waals surface area contributed by atoms with Gasteiger partial charge in [-0.25, -0.2) is 14.8 Å². The summed E-state index contributed by atoms with van der Waals surface area (Å²) in [7, 11) is 0. The Morgan fingerprint density at radius 2 is 2.05 bits per heavy atom. The molecule has 0 atom stereocenters. The Bertz CT molecular complexity index is 817. The van der Waals surface area contributed by atoms with Gasteiger partial charge >= 0.3 is 12.5 Å². The maximum absolute atomic E-state index is 12.7. The number of fused-ring (bicyclic) bond motifs is 1. The lowest BCUT2D eigenvalue weighted by atomic mass is 10.2. The van der Waals surface area contributed by atoms with Gasteiger partial charge in [-0.15, -0.1) is 0 Å². The molecule has 0 saturated heterocycles. The van der Waals surface area contributed by atoms with Gasteiger partial charge in [0.2, 0.25) is 0 Å². The van der Waals surface area contributed by atoms with Crippen LogP contribution in [0, 0.1) is 0 Å². The molecule has 112 valence electrons. The Balaban J connectivity index is 1.74. The lowest BCUT2D eigenvalue weighted by Crippen LogP contribution is -2.11. The molecule has 3 rings (SSSR count). The first-order valence-electron chi connectivity index (χ1n) is 6.48. The first kappa shape index (κ1) is 14.1.